The minimum absolute atomic E-state index is 0.0101. The first-order valence-electron chi connectivity index (χ1n) is 9.17. The normalized spacial score (nSPS) is 21.1. The topological polar surface area (TPSA) is 55.8 Å². The molecule has 1 amide bonds. The molecular formula is C21H25NO4S. The van der Waals surface area contributed by atoms with Crippen LogP contribution in [0.15, 0.2) is 47.4 Å². The lowest BCUT2D eigenvalue weighted by Gasteiger charge is -2.36. The first-order chi connectivity index (χ1) is 12.9. The second-order valence-electron chi connectivity index (χ2n) is 6.93. The van der Waals surface area contributed by atoms with Crippen molar-refractivity contribution < 1.29 is 19.1 Å². The highest BCUT2D eigenvalue weighted by Crippen LogP contribution is 2.24. The average molecular weight is 388 g/mol. The smallest absolute Gasteiger partial charge is 0.317 e. The highest BCUT2D eigenvalue weighted by molar-refractivity contribution is 8.00. The molecule has 1 fully saturated rings. The summed E-state index contributed by atoms with van der Waals surface area (Å²) in [6.45, 7) is 6.55. The molecule has 0 aromatic heterocycles. The summed E-state index contributed by atoms with van der Waals surface area (Å²) in [7, 11) is 0. The third-order valence-electron chi connectivity index (χ3n) is 4.46. The van der Waals surface area contributed by atoms with Crippen molar-refractivity contribution in [3.05, 3.63) is 42.5 Å². The highest BCUT2D eigenvalue weighted by Gasteiger charge is 2.30. The predicted octanol–water partition coefficient (Wildman–Crippen LogP) is 3.50. The van der Waals surface area contributed by atoms with E-state index in [1.807, 2.05) is 44.2 Å². The van der Waals surface area contributed by atoms with Crippen molar-refractivity contribution in [1.29, 1.82) is 0 Å². The molecule has 0 saturated carbocycles. The molecule has 0 bridgehead atoms. The van der Waals surface area contributed by atoms with Crippen LogP contribution in [0, 0.1) is 0 Å². The predicted molar refractivity (Wildman–Crippen MR) is 107 cm³/mol. The van der Waals surface area contributed by atoms with E-state index in [9.17, 15) is 9.59 Å². The van der Waals surface area contributed by atoms with Crippen molar-refractivity contribution in [3.63, 3.8) is 0 Å². The Morgan fingerprint density at radius 2 is 1.81 bits per heavy atom. The standard InChI is InChI=1S/C21H25NO4S/c1-14-11-22(12-15(2)25-14)21(24)16(3)26-20(23)13-27-19-9-8-17-6-4-5-7-18(17)10-19/h4-10,14-16H,11-13H2,1-3H3. The highest BCUT2D eigenvalue weighted by atomic mass is 32.2. The second-order valence-corrected chi connectivity index (χ2v) is 7.98. The fraction of sp³-hybridized carbons (Fsp3) is 0.429. The van der Waals surface area contributed by atoms with Crippen LogP contribution in [0.3, 0.4) is 0 Å². The number of benzene rings is 2. The summed E-state index contributed by atoms with van der Waals surface area (Å²) in [5, 5.41) is 2.30. The van der Waals surface area contributed by atoms with Crippen LogP contribution in [0.1, 0.15) is 20.8 Å². The molecule has 0 radical (unpaired) electrons. The number of carbonyl (C=O) groups is 2. The SMILES string of the molecule is CC1CN(C(=O)C(C)OC(=O)CSc2ccc3ccccc3c2)CC(C)O1. The van der Waals surface area contributed by atoms with E-state index >= 15 is 0 Å². The Morgan fingerprint density at radius 3 is 2.52 bits per heavy atom. The Labute approximate surface area is 164 Å². The molecular weight excluding hydrogens is 362 g/mol. The molecule has 6 heteroatoms. The number of morpholine rings is 1. The van der Waals surface area contributed by atoms with Gasteiger partial charge in [0.05, 0.1) is 18.0 Å². The molecule has 2 aromatic carbocycles. The first kappa shape index (κ1) is 19.7. The largest absolute Gasteiger partial charge is 0.452 e. The van der Waals surface area contributed by atoms with Crippen LogP contribution in [0.4, 0.5) is 0 Å². The maximum Gasteiger partial charge on any atom is 0.317 e. The lowest BCUT2D eigenvalue weighted by Crippen LogP contribution is -2.51. The van der Waals surface area contributed by atoms with Crippen molar-refractivity contribution >= 4 is 34.4 Å². The summed E-state index contributed by atoms with van der Waals surface area (Å²) in [5.74, 6) is -0.379. The van der Waals surface area contributed by atoms with Gasteiger partial charge in [-0.2, -0.15) is 0 Å². The zero-order valence-electron chi connectivity index (χ0n) is 15.9. The van der Waals surface area contributed by atoms with Gasteiger partial charge >= 0.3 is 5.97 Å². The summed E-state index contributed by atoms with van der Waals surface area (Å²) in [5.41, 5.74) is 0. The maximum absolute atomic E-state index is 12.5. The molecule has 27 heavy (non-hydrogen) atoms. The van der Waals surface area contributed by atoms with Gasteiger partial charge in [0.15, 0.2) is 6.10 Å². The Hall–Kier alpha value is -2.05. The van der Waals surface area contributed by atoms with Crippen LogP contribution >= 0.6 is 11.8 Å². The molecule has 0 N–H and O–H groups in total. The van der Waals surface area contributed by atoms with Gasteiger partial charge < -0.3 is 14.4 Å². The number of hydrogen-bond acceptors (Lipinski definition) is 5. The molecule has 5 nitrogen and oxygen atoms in total. The van der Waals surface area contributed by atoms with Crippen LogP contribution in [-0.2, 0) is 19.1 Å². The van der Waals surface area contributed by atoms with Gasteiger partial charge in [-0.15, -0.1) is 11.8 Å². The van der Waals surface area contributed by atoms with E-state index in [2.05, 4.69) is 12.1 Å². The first-order valence-corrected chi connectivity index (χ1v) is 10.2. The molecule has 3 unspecified atom stereocenters. The Bertz CT molecular complexity index is 815. The zero-order valence-corrected chi connectivity index (χ0v) is 16.7. The van der Waals surface area contributed by atoms with Crippen LogP contribution < -0.4 is 0 Å². The Balaban J connectivity index is 1.51. The number of rotatable bonds is 5. The fourth-order valence-electron chi connectivity index (χ4n) is 3.30. The number of fused-ring (bicyclic) bond motifs is 1. The van der Waals surface area contributed by atoms with Gasteiger partial charge in [0.1, 0.15) is 0 Å². The van der Waals surface area contributed by atoms with Gasteiger partial charge in [-0.1, -0.05) is 30.3 Å². The minimum atomic E-state index is -0.785. The van der Waals surface area contributed by atoms with Crippen molar-refractivity contribution in [2.45, 2.75) is 44.0 Å². The lowest BCUT2D eigenvalue weighted by molar-refractivity contribution is -0.162. The number of amides is 1. The number of carbonyl (C=O) groups excluding carboxylic acids is 2. The molecule has 3 atom stereocenters. The molecule has 0 spiro atoms. The van der Waals surface area contributed by atoms with Crippen molar-refractivity contribution in [1.82, 2.24) is 4.90 Å². The van der Waals surface area contributed by atoms with Gasteiger partial charge in [0.2, 0.25) is 0 Å². The lowest BCUT2D eigenvalue weighted by atomic mass is 10.1. The molecule has 1 aliphatic heterocycles. The number of nitrogens with zero attached hydrogens (tertiary/aromatic N) is 1. The average Bonchev–Trinajstić information content (AvgIpc) is 2.64. The van der Waals surface area contributed by atoms with Gasteiger partial charge in [-0.05, 0) is 43.7 Å². The molecule has 144 valence electrons. The van der Waals surface area contributed by atoms with Crippen LogP contribution in [0.5, 0.6) is 0 Å². The Morgan fingerprint density at radius 1 is 1.15 bits per heavy atom. The summed E-state index contributed by atoms with van der Waals surface area (Å²) in [6, 6.07) is 14.2. The molecule has 1 heterocycles. The van der Waals surface area contributed by atoms with Crippen LogP contribution in [0.25, 0.3) is 10.8 Å². The van der Waals surface area contributed by atoms with E-state index in [-0.39, 0.29) is 29.8 Å². The van der Waals surface area contributed by atoms with Crippen molar-refractivity contribution in [2.75, 3.05) is 18.8 Å². The number of esters is 1. The van der Waals surface area contributed by atoms with E-state index in [4.69, 9.17) is 9.47 Å². The Kier molecular flexibility index (Phi) is 6.39. The third-order valence-corrected chi connectivity index (χ3v) is 5.43. The summed E-state index contributed by atoms with van der Waals surface area (Å²) in [4.78, 5) is 27.4. The number of hydrogen-bond donors (Lipinski definition) is 0. The maximum atomic E-state index is 12.5. The summed E-state index contributed by atoms with van der Waals surface area (Å²) < 4.78 is 11.0. The molecule has 2 aromatic rings. The van der Waals surface area contributed by atoms with Gasteiger partial charge in [0, 0.05) is 18.0 Å². The number of thioether (sulfide) groups is 1. The molecule has 0 aliphatic carbocycles. The quantitative estimate of drug-likeness (QED) is 0.581. The number of ether oxygens (including phenoxy) is 2. The monoisotopic (exact) mass is 387 g/mol. The molecule has 3 rings (SSSR count). The van der Waals surface area contributed by atoms with Crippen LogP contribution in [0.2, 0.25) is 0 Å². The minimum Gasteiger partial charge on any atom is -0.452 e. The molecule has 1 saturated heterocycles. The van der Waals surface area contributed by atoms with E-state index in [1.165, 1.54) is 11.8 Å². The van der Waals surface area contributed by atoms with Crippen molar-refractivity contribution in [3.8, 4) is 0 Å². The zero-order chi connectivity index (χ0) is 19.4. The van der Waals surface area contributed by atoms with Gasteiger partial charge in [-0.25, -0.2) is 0 Å². The van der Waals surface area contributed by atoms with Crippen molar-refractivity contribution in [2.24, 2.45) is 0 Å². The van der Waals surface area contributed by atoms with Gasteiger partial charge in [0.25, 0.3) is 5.91 Å². The van der Waals surface area contributed by atoms with E-state index in [0.29, 0.717) is 13.1 Å². The van der Waals surface area contributed by atoms with E-state index in [0.717, 1.165) is 15.7 Å². The van der Waals surface area contributed by atoms with E-state index in [1.54, 1.807) is 11.8 Å². The molecule has 1 aliphatic rings. The summed E-state index contributed by atoms with van der Waals surface area (Å²) in [6.07, 6.45) is -0.805. The van der Waals surface area contributed by atoms with Crippen LogP contribution in [-0.4, -0.2) is 53.9 Å². The fourth-order valence-corrected chi connectivity index (χ4v) is 4.02. The third kappa shape index (κ3) is 5.23. The summed E-state index contributed by atoms with van der Waals surface area (Å²) >= 11 is 1.41. The van der Waals surface area contributed by atoms with Gasteiger partial charge in [-0.3, -0.25) is 9.59 Å². The second kappa shape index (κ2) is 8.76. The van der Waals surface area contributed by atoms with E-state index < -0.39 is 6.10 Å².